The highest BCUT2D eigenvalue weighted by molar-refractivity contribution is 5.81. The summed E-state index contributed by atoms with van der Waals surface area (Å²) < 4.78 is 56.9. The lowest BCUT2D eigenvalue weighted by Crippen LogP contribution is -2.10. The first kappa shape index (κ1) is 16.9. The average Bonchev–Trinajstić information content (AvgIpc) is 2.54. The lowest BCUT2D eigenvalue weighted by molar-refractivity contribution is -0.141. The molecule has 3 rings (SSSR count). The molecule has 1 aromatic carbocycles. The minimum atomic E-state index is -4.57. The summed E-state index contributed by atoms with van der Waals surface area (Å²) >= 11 is 0. The fraction of sp³-hybridized carbons (Fsp3) is 0.176. The lowest BCUT2D eigenvalue weighted by atomic mass is 10.1. The second-order valence-electron chi connectivity index (χ2n) is 5.51. The average molecular weight is 352 g/mol. The van der Waals surface area contributed by atoms with Crippen LogP contribution in [-0.2, 0) is 6.18 Å². The molecule has 2 aromatic heterocycles. The fourth-order valence-corrected chi connectivity index (χ4v) is 2.33. The maximum absolute atomic E-state index is 14.2. The van der Waals surface area contributed by atoms with Gasteiger partial charge in [0.2, 0.25) is 0 Å². The highest BCUT2D eigenvalue weighted by Crippen LogP contribution is 2.31. The van der Waals surface area contributed by atoms with Gasteiger partial charge in [0.15, 0.2) is 17.0 Å². The maximum atomic E-state index is 14.2. The molecule has 0 radical (unpaired) electrons. The predicted molar refractivity (Wildman–Crippen MR) is 83.3 cm³/mol. The number of H-pyrrole nitrogens is 1. The second kappa shape index (κ2) is 5.87. The predicted octanol–water partition coefficient (Wildman–Crippen LogP) is 4.49. The van der Waals surface area contributed by atoms with Crippen LogP contribution in [0.5, 0.6) is 11.5 Å². The van der Waals surface area contributed by atoms with Crippen LogP contribution in [0, 0.1) is 19.7 Å². The molecule has 0 saturated carbocycles. The Labute approximate surface area is 139 Å². The van der Waals surface area contributed by atoms with Crippen molar-refractivity contribution in [3.63, 3.8) is 0 Å². The van der Waals surface area contributed by atoms with Gasteiger partial charge in [-0.2, -0.15) is 13.2 Å². The molecule has 4 nitrogen and oxygen atoms in total. The van der Waals surface area contributed by atoms with Crippen LogP contribution in [0.1, 0.15) is 17.0 Å². The Bertz CT molecular complexity index is 1010. The molecular formula is C17H12F4N2O2. The van der Waals surface area contributed by atoms with Crippen LogP contribution in [0.4, 0.5) is 17.6 Å². The summed E-state index contributed by atoms with van der Waals surface area (Å²) in [6.45, 7) is 3.34. The number of rotatable bonds is 2. The molecule has 0 spiro atoms. The van der Waals surface area contributed by atoms with Crippen molar-refractivity contribution >= 4 is 10.9 Å². The van der Waals surface area contributed by atoms with Crippen molar-refractivity contribution in [1.82, 2.24) is 9.97 Å². The SMILES string of the molecule is Cc1[nH]c2cc(F)c(Oc3ccc(C(F)(F)F)nc3)cc2c(=O)c1C. The number of nitrogens with zero attached hydrogens (tertiary/aromatic N) is 1. The quantitative estimate of drug-likeness (QED) is 0.692. The first-order valence-electron chi connectivity index (χ1n) is 7.20. The molecule has 2 heterocycles. The maximum Gasteiger partial charge on any atom is 0.433 e. The van der Waals surface area contributed by atoms with Crippen LogP contribution in [-0.4, -0.2) is 9.97 Å². The molecule has 0 amide bonds. The minimum absolute atomic E-state index is 0.0773. The van der Waals surface area contributed by atoms with Gasteiger partial charge in [-0.05, 0) is 32.0 Å². The molecule has 3 aromatic rings. The van der Waals surface area contributed by atoms with Crippen molar-refractivity contribution < 1.29 is 22.3 Å². The Morgan fingerprint density at radius 3 is 2.48 bits per heavy atom. The van der Waals surface area contributed by atoms with E-state index in [0.717, 1.165) is 24.4 Å². The first-order chi connectivity index (χ1) is 11.7. The lowest BCUT2D eigenvalue weighted by Gasteiger charge is -2.10. The van der Waals surface area contributed by atoms with E-state index in [-0.39, 0.29) is 22.3 Å². The van der Waals surface area contributed by atoms with E-state index >= 15 is 0 Å². The van der Waals surface area contributed by atoms with Gasteiger partial charge in [0.25, 0.3) is 0 Å². The van der Waals surface area contributed by atoms with E-state index in [0.29, 0.717) is 16.8 Å². The first-order valence-corrected chi connectivity index (χ1v) is 7.20. The van der Waals surface area contributed by atoms with Crippen LogP contribution < -0.4 is 10.2 Å². The molecule has 0 fully saturated rings. The number of nitrogens with one attached hydrogen (secondary N) is 1. The van der Waals surface area contributed by atoms with Crippen LogP contribution in [0.3, 0.4) is 0 Å². The number of aromatic nitrogens is 2. The van der Waals surface area contributed by atoms with Crippen LogP contribution in [0.25, 0.3) is 10.9 Å². The van der Waals surface area contributed by atoms with Gasteiger partial charge in [0.1, 0.15) is 11.4 Å². The van der Waals surface area contributed by atoms with Gasteiger partial charge in [-0.3, -0.25) is 4.79 Å². The van der Waals surface area contributed by atoms with Crippen molar-refractivity contribution in [2.75, 3.05) is 0 Å². The summed E-state index contributed by atoms with van der Waals surface area (Å²) in [4.78, 5) is 18.4. The summed E-state index contributed by atoms with van der Waals surface area (Å²) in [5.74, 6) is -1.11. The van der Waals surface area contributed by atoms with E-state index in [4.69, 9.17) is 4.74 Å². The van der Waals surface area contributed by atoms with Gasteiger partial charge >= 0.3 is 6.18 Å². The number of hydrogen-bond donors (Lipinski definition) is 1. The Morgan fingerprint density at radius 1 is 1.16 bits per heavy atom. The van der Waals surface area contributed by atoms with Crippen molar-refractivity contribution in [1.29, 1.82) is 0 Å². The van der Waals surface area contributed by atoms with Gasteiger partial charge in [-0.1, -0.05) is 0 Å². The molecule has 0 unspecified atom stereocenters. The highest BCUT2D eigenvalue weighted by atomic mass is 19.4. The minimum Gasteiger partial charge on any atom is -0.453 e. The topological polar surface area (TPSA) is 55.0 Å². The monoisotopic (exact) mass is 352 g/mol. The third-order valence-electron chi connectivity index (χ3n) is 3.80. The molecule has 0 aliphatic rings. The molecule has 0 aliphatic heterocycles. The molecule has 1 N–H and O–H groups in total. The van der Waals surface area contributed by atoms with E-state index in [1.54, 1.807) is 13.8 Å². The Hall–Kier alpha value is -2.90. The normalized spacial score (nSPS) is 11.8. The van der Waals surface area contributed by atoms with Crippen molar-refractivity contribution in [3.05, 3.63) is 63.5 Å². The Morgan fingerprint density at radius 2 is 1.88 bits per heavy atom. The molecular weight excluding hydrogens is 340 g/mol. The van der Waals surface area contributed by atoms with Gasteiger partial charge in [0, 0.05) is 22.7 Å². The second-order valence-corrected chi connectivity index (χ2v) is 5.51. The largest absolute Gasteiger partial charge is 0.453 e. The summed E-state index contributed by atoms with van der Waals surface area (Å²) in [7, 11) is 0. The zero-order valence-electron chi connectivity index (χ0n) is 13.2. The van der Waals surface area contributed by atoms with Crippen LogP contribution >= 0.6 is 0 Å². The third-order valence-corrected chi connectivity index (χ3v) is 3.80. The number of aromatic amines is 1. The van der Waals surface area contributed by atoms with Gasteiger partial charge < -0.3 is 9.72 Å². The van der Waals surface area contributed by atoms with E-state index in [2.05, 4.69) is 9.97 Å². The standard InChI is InChI=1S/C17H12F4N2O2/c1-8-9(2)23-13-6-12(18)14(5-11(13)16(8)24)25-10-3-4-15(22-7-10)17(19,20)21/h3-7H,1-2H3,(H,23,24). The molecule has 0 atom stereocenters. The van der Waals surface area contributed by atoms with E-state index < -0.39 is 17.7 Å². The molecule has 130 valence electrons. The summed E-state index contributed by atoms with van der Waals surface area (Å²) in [5, 5.41) is 0.222. The fourth-order valence-electron chi connectivity index (χ4n) is 2.33. The van der Waals surface area contributed by atoms with E-state index in [1.807, 2.05) is 0 Å². The van der Waals surface area contributed by atoms with Crippen LogP contribution in [0.15, 0.2) is 35.3 Å². The summed E-state index contributed by atoms with van der Waals surface area (Å²) in [6, 6.07) is 4.09. The number of hydrogen-bond acceptors (Lipinski definition) is 3. The zero-order valence-corrected chi connectivity index (χ0v) is 13.2. The molecule has 0 aliphatic carbocycles. The highest BCUT2D eigenvalue weighted by Gasteiger charge is 2.32. The molecule has 0 bridgehead atoms. The van der Waals surface area contributed by atoms with Crippen molar-refractivity contribution in [3.8, 4) is 11.5 Å². The van der Waals surface area contributed by atoms with Gasteiger partial charge in [-0.25, -0.2) is 9.37 Å². The number of alkyl halides is 3. The summed E-state index contributed by atoms with van der Waals surface area (Å²) in [5.41, 5.74) is 0.0604. The van der Waals surface area contributed by atoms with Gasteiger partial charge in [0.05, 0.1) is 11.7 Å². The molecule has 8 heteroatoms. The number of pyridine rings is 2. The van der Waals surface area contributed by atoms with Crippen LogP contribution in [0.2, 0.25) is 0 Å². The number of fused-ring (bicyclic) bond motifs is 1. The Kier molecular flexibility index (Phi) is 3.98. The smallest absolute Gasteiger partial charge is 0.433 e. The van der Waals surface area contributed by atoms with Crippen molar-refractivity contribution in [2.24, 2.45) is 0 Å². The van der Waals surface area contributed by atoms with Crippen molar-refractivity contribution in [2.45, 2.75) is 20.0 Å². The zero-order chi connectivity index (χ0) is 18.4. The number of aryl methyl sites for hydroxylation is 1. The number of halogens is 4. The van der Waals surface area contributed by atoms with Gasteiger partial charge in [-0.15, -0.1) is 0 Å². The third kappa shape index (κ3) is 3.19. The number of ether oxygens (including phenoxy) is 1. The Balaban J connectivity index is 2.02. The number of benzene rings is 1. The van der Waals surface area contributed by atoms with E-state index in [9.17, 15) is 22.4 Å². The summed E-state index contributed by atoms with van der Waals surface area (Å²) in [6.07, 6.45) is -3.73. The van der Waals surface area contributed by atoms with E-state index in [1.165, 1.54) is 6.07 Å². The molecule has 0 saturated heterocycles. The molecule has 25 heavy (non-hydrogen) atoms.